The highest BCUT2D eigenvalue weighted by Gasteiger charge is 2.07. The van der Waals surface area contributed by atoms with E-state index in [1.165, 1.54) is 11.8 Å². The first-order valence-corrected chi connectivity index (χ1v) is 6.13. The molecule has 2 aromatic rings. The molecule has 84 valence electrons. The van der Waals surface area contributed by atoms with Crippen molar-refractivity contribution < 1.29 is 4.42 Å². The molecule has 0 spiro atoms. The summed E-state index contributed by atoms with van der Waals surface area (Å²) in [4.78, 5) is 3.94. The molecule has 0 saturated heterocycles. The summed E-state index contributed by atoms with van der Waals surface area (Å²) >= 11 is 13.0. The zero-order valence-electron chi connectivity index (χ0n) is 8.28. The van der Waals surface area contributed by atoms with Crippen molar-refractivity contribution in [3.63, 3.8) is 0 Å². The van der Waals surface area contributed by atoms with Crippen molar-refractivity contribution in [1.29, 1.82) is 0 Å². The molecule has 0 aliphatic carbocycles. The van der Waals surface area contributed by atoms with Gasteiger partial charge in [-0.3, -0.25) is 0 Å². The molecular weight excluding hydrogens is 269 g/mol. The molecule has 0 radical (unpaired) electrons. The standard InChI is InChI=1S/C9H7Cl2N3OS/c1-5-13-14-9(15-5)16-4-6-2-3-7(10)12-8(6)11/h2-3H,4H2,1H3. The molecule has 0 unspecified atom stereocenters. The Kier molecular flexibility index (Phi) is 3.68. The fraction of sp³-hybridized carbons (Fsp3) is 0.222. The molecule has 0 bridgehead atoms. The van der Waals surface area contributed by atoms with Crippen LogP contribution < -0.4 is 0 Å². The van der Waals surface area contributed by atoms with Gasteiger partial charge in [-0.1, -0.05) is 41.0 Å². The Hall–Kier alpha value is -0.780. The Balaban J connectivity index is 2.04. The number of aryl methyl sites for hydroxylation is 1. The highest BCUT2D eigenvalue weighted by molar-refractivity contribution is 7.98. The van der Waals surface area contributed by atoms with E-state index in [0.29, 0.717) is 27.2 Å². The van der Waals surface area contributed by atoms with E-state index in [9.17, 15) is 0 Å². The lowest BCUT2D eigenvalue weighted by Gasteiger charge is -2.00. The maximum Gasteiger partial charge on any atom is 0.276 e. The number of nitrogens with zero attached hydrogens (tertiary/aromatic N) is 3. The van der Waals surface area contributed by atoms with Gasteiger partial charge in [-0.05, 0) is 6.07 Å². The topological polar surface area (TPSA) is 51.8 Å². The van der Waals surface area contributed by atoms with Crippen LogP contribution in [0.25, 0.3) is 0 Å². The van der Waals surface area contributed by atoms with Crippen molar-refractivity contribution in [2.75, 3.05) is 0 Å². The highest BCUT2D eigenvalue weighted by atomic mass is 35.5. The largest absolute Gasteiger partial charge is 0.416 e. The first-order chi connectivity index (χ1) is 7.65. The fourth-order valence-electron chi connectivity index (χ4n) is 1.02. The van der Waals surface area contributed by atoms with Gasteiger partial charge in [-0.15, -0.1) is 10.2 Å². The van der Waals surface area contributed by atoms with Crippen LogP contribution in [-0.4, -0.2) is 15.2 Å². The maximum atomic E-state index is 5.93. The first-order valence-electron chi connectivity index (χ1n) is 4.39. The van der Waals surface area contributed by atoms with Crippen LogP contribution in [0.1, 0.15) is 11.5 Å². The third-order valence-electron chi connectivity index (χ3n) is 1.75. The van der Waals surface area contributed by atoms with Crippen LogP contribution in [0.3, 0.4) is 0 Å². The lowest BCUT2D eigenvalue weighted by Crippen LogP contribution is -1.86. The van der Waals surface area contributed by atoms with E-state index < -0.39 is 0 Å². The molecule has 4 nitrogen and oxygen atoms in total. The van der Waals surface area contributed by atoms with Crippen LogP contribution in [0.5, 0.6) is 0 Å². The highest BCUT2D eigenvalue weighted by Crippen LogP contribution is 2.25. The van der Waals surface area contributed by atoms with Crippen LogP contribution in [0, 0.1) is 6.92 Å². The van der Waals surface area contributed by atoms with Crippen LogP contribution in [0.4, 0.5) is 0 Å². The average molecular weight is 276 g/mol. The molecule has 2 heterocycles. The number of rotatable bonds is 3. The summed E-state index contributed by atoms with van der Waals surface area (Å²) in [6.45, 7) is 1.74. The normalized spacial score (nSPS) is 10.7. The Bertz CT molecular complexity index is 503. The SMILES string of the molecule is Cc1nnc(SCc2ccc(Cl)nc2Cl)o1. The second-order valence-electron chi connectivity index (χ2n) is 2.96. The van der Waals surface area contributed by atoms with Gasteiger partial charge in [0.1, 0.15) is 10.3 Å². The van der Waals surface area contributed by atoms with E-state index in [1.54, 1.807) is 13.0 Å². The monoisotopic (exact) mass is 275 g/mol. The van der Waals surface area contributed by atoms with E-state index in [2.05, 4.69) is 15.2 Å². The predicted octanol–water partition coefficient (Wildman–Crippen LogP) is 3.37. The third-order valence-corrected chi connectivity index (χ3v) is 3.16. The number of aromatic nitrogens is 3. The molecule has 0 atom stereocenters. The maximum absolute atomic E-state index is 5.93. The van der Waals surface area contributed by atoms with Gasteiger partial charge < -0.3 is 4.42 Å². The van der Waals surface area contributed by atoms with Crippen molar-refractivity contribution >= 4 is 35.0 Å². The van der Waals surface area contributed by atoms with Crippen LogP contribution in [0.2, 0.25) is 10.3 Å². The molecule has 0 aliphatic rings. The number of hydrogen-bond acceptors (Lipinski definition) is 5. The molecule has 2 rings (SSSR count). The number of thioether (sulfide) groups is 1. The van der Waals surface area contributed by atoms with E-state index in [0.717, 1.165) is 5.56 Å². The summed E-state index contributed by atoms with van der Waals surface area (Å²) in [7, 11) is 0. The molecule has 2 aromatic heterocycles. The van der Waals surface area contributed by atoms with Crippen LogP contribution in [-0.2, 0) is 5.75 Å². The van der Waals surface area contributed by atoms with Crippen molar-refractivity contribution in [3.05, 3.63) is 33.9 Å². The van der Waals surface area contributed by atoms with Crippen LogP contribution >= 0.6 is 35.0 Å². The van der Waals surface area contributed by atoms with Crippen molar-refractivity contribution in [2.24, 2.45) is 0 Å². The lowest BCUT2D eigenvalue weighted by molar-refractivity contribution is 0.429. The second kappa shape index (κ2) is 5.03. The van der Waals surface area contributed by atoms with Gasteiger partial charge in [0.2, 0.25) is 5.89 Å². The molecule has 7 heteroatoms. The molecule has 0 N–H and O–H groups in total. The Labute approximate surface area is 106 Å². The minimum atomic E-state index is 0.382. The molecule has 0 saturated carbocycles. The molecule has 0 aromatic carbocycles. The van der Waals surface area contributed by atoms with Gasteiger partial charge in [0.25, 0.3) is 5.22 Å². The smallest absolute Gasteiger partial charge is 0.276 e. The lowest BCUT2D eigenvalue weighted by atomic mass is 10.3. The Morgan fingerprint density at radius 1 is 1.31 bits per heavy atom. The quantitative estimate of drug-likeness (QED) is 0.635. The Morgan fingerprint density at radius 3 is 2.75 bits per heavy atom. The summed E-state index contributed by atoms with van der Waals surface area (Å²) in [5, 5.41) is 8.89. The molecule has 0 aliphatic heterocycles. The van der Waals surface area contributed by atoms with Gasteiger partial charge >= 0.3 is 0 Å². The summed E-state index contributed by atoms with van der Waals surface area (Å²) < 4.78 is 5.22. The fourth-order valence-corrected chi connectivity index (χ4v) is 2.31. The van der Waals surface area contributed by atoms with E-state index in [1.807, 2.05) is 6.07 Å². The molecule has 0 amide bonds. The number of pyridine rings is 1. The van der Waals surface area contributed by atoms with E-state index in [4.69, 9.17) is 27.6 Å². The minimum absolute atomic E-state index is 0.382. The summed E-state index contributed by atoms with van der Waals surface area (Å²) in [6.07, 6.45) is 0. The van der Waals surface area contributed by atoms with E-state index in [-0.39, 0.29) is 0 Å². The predicted molar refractivity (Wildman–Crippen MR) is 62.9 cm³/mol. The van der Waals surface area contributed by atoms with Gasteiger partial charge in [0.05, 0.1) is 0 Å². The van der Waals surface area contributed by atoms with Crippen molar-refractivity contribution in [2.45, 2.75) is 17.9 Å². The number of hydrogen-bond donors (Lipinski definition) is 0. The van der Waals surface area contributed by atoms with Crippen LogP contribution in [0.15, 0.2) is 21.8 Å². The molecule has 0 fully saturated rings. The second-order valence-corrected chi connectivity index (χ2v) is 4.63. The average Bonchev–Trinajstić information content (AvgIpc) is 2.63. The zero-order valence-corrected chi connectivity index (χ0v) is 10.6. The third kappa shape index (κ3) is 2.87. The summed E-state index contributed by atoms with van der Waals surface area (Å²) in [5.74, 6) is 1.16. The van der Waals surface area contributed by atoms with Gasteiger partial charge in [0.15, 0.2) is 0 Å². The number of halogens is 2. The van der Waals surface area contributed by atoms with Gasteiger partial charge in [0, 0.05) is 18.2 Å². The minimum Gasteiger partial charge on any atom is -0.416 e. The molecule has 16 heavy (non-hydrogen) atoms. The zero-order chi connectivity index (χ0) is 11.5. The first kappa shape index (κ1) is 11.7. The van der Waals surface area contributed by atoms with Crippen molar-refractivity contribution in [1.82, 2.24) is 15.2 Å². The Morgan fingerprint density at radius 2 is 2.12 bits per heavy atom. The van der Waals surface area contributed by atoms with Gasteiger partial charge in [-0.25, -0.2) is 4.98 Å². The van der Waals surface area contributed by atoms with E-state index >= 15 is 0 Å². The summed E-state index contributed by atoms with van der Waals surface area (Å²) in [6, 6.07) is 3.52. The molecular formula is C9H7Cl2N3OS. The van der Waals surface area contributed by atoms with Gasteiger partial charge in [-0.2, -0.15) is 0 Å². The summed E-state index contributed by atoms with van der Waals surface area (Å²) in [5.41, 5.74) is 0.881. The van der Waals surface area contributed by atoms with Crippen molar-refractivity contribution in [3.8, 4) is 0 Å².